The number of nitrogens with zero attached hydrogens (tertiary/aromatic N) is 1. The lowest BCUT2D eigenvalue weighted by Gasteiger charge is -2.38. The van der Waals surface area contributed by atoms with Gasteiger partial charge in [-0.2, -0.15) is 0 Å². The van der Waals surface area contributed by atoms with E-state index in [9.17, 15) is 4.79 Å². The molecule has 0 aromatic carbocycles. The van der Waals surface area contributed by atoms with E-state index in [4.69, 9.17) is 5.73 Å². The average Bonchev–Trinajstić information content (AvgIpc) is 3.13. The first-order chi connectivity index (χ1) is 9.15. The van der Waals surface area contributed by atoms with E-state index in [-0.39, 0.29) is 24.4 Å². The Morgan fingerprint density at radius 3 is 1.95 bits per heavy atom. The molecule has 3 nitrogen and oxygen atoms in total. The van der Waals surface area contributed by atoms with Crippen LogP contribution >= 0.6 is 12.4 Å². The highest BCUT2D eigenvalue weighted by atomic mass is 35.5. The predicted molar refractivity (Wildman–Crippen MR) is 83.9 cm³/mol. The highest BCUT2D eigenvalue weighted by Crippen LogP contribution is 2.38. The fourth-order valence-corrected chi connectivity index (χ4v) is 3.98. The molecule has 3 aliphatic carbocycles. The minimum Gasteiger partial charge on any atom is -0.336 e. The summed E-state index contributed by atoms with van der Waals surface area (Å²) >= 11 is 0. The second-order valence-corrected chi connectivity index (χ2v) is 7.16. The zero-order chi connectivity index (χ0) is 13.4. The molecule has 2 unspecified atom stereocenters. The Hall–Kier alpha value is -0.280. The highest BCUT2D eigenvalue weighted by Gasteiger charge is 2.42. The normalized spacial score (nSPS) is 37.3. The van der Waals surface area contributed by atoms with Crippen LogP contribution in [0.15, 0.2) is 0 Å². The summed E-state index contributed by atoms with van der Waals surface area (Å²) in [5.74, 6) is 1.53. The molecule has 0 bridgehead atoms. The fraction of sp³-hybridized carbons (Fsp3) is 0.938. The first-order valence-electron chi connectivity index (χ1n) is 8.23. The summed E-state index contributed by atoms with van der Waals surface area (Å²) in [5, 5.41) is 0. The van der Waals surface area contributed by atoms with Crippen LogP contribution in [0.1, 0.15) is 64.7 Å². The van der Waals surface area contributed by atoms with E-state index < -0.39 is 0 Å². The van der Waals surface area contributed by atoms with E-state index in [0.717, 1.165) is 25.2 Å². The van der Waals surface area contributed by atoms with Crippen LogP contribution in [0.4, 0.5) is 0 Å². The molecular formula is C16H29ClN2O. The summed E-state index contributed by atoms with van der Waals surface area (Å²) in [5.41, 5.74) is 5.98. The third-order valence-corrected chi connectivity index (χ3v) is 5.40. The Bertz CT molecular complexity index is 337. The number of halogens is 1. The maximum atomic E-state index is 12.8. The first kappa shape index (κ1) is 16.1. The van der Waals surface area contributed by atoms with Crippen LogP contribution in [-0.2, 0) is 4.79 Å². The quantitative estimate of drug-likeness (QED) is 0.870. The third-order valence-electron chi connectivity index (χ3n) is 5.40. The molecule has 3 aliphatic rings. The van der Waals surface area contributed by atoms with Crippen molar-refractivity contribution in [2.75, 3.05) is 0 Å². The number of carbonyl (C=O) groups is 1. The number of hydrogen-bond acceptors (Lipinski definition) is 2. The lowest BCUT2D eigenvalue weighted by Crippen LogP contribution is -2.46. The van der Waals surface area contributed by atoms with Crippen LogP contribution in [-0.4, -0.2) is 28.9 Å². The average molecular weight is 301 g/mol. The van der Waals surface area contributed by atoms with Crippen molar-refractivity contribution in [2.45, 2.75) is 82.8 Å². The second-order valence-electron chi connectivity index (χ2n) is 7.16. The van der Waals surface area contributed by atoms with Gasteiger partial charge in [0.1, 0.15) is 0 Å². The lowest BCUT2D eigenvalue weighted by atomic mass is 9.86. The second kappa shape index (κ2) is 6.65. The van der Waals surface area contributed by atoms with Crippen molar-refractivity contribution < 1.29 is 4.79 Å². The van der Waals surface area contributed by atoms with Crippen molar-refractivity contribution in [2.24, 2.45) is 17.6 Å². The van der Waals surface area contributed by atoms with E-state index in [1.807, 2.05) is 0 Å². The molecule has 0 aromatic heterocycles. The molecule has 1 amide bonds. The van der Waals surface area contributed by atoms with Gasteiger partial charge in [0.25, 0.3) is 0 Å². The highest BCUT2D eigenvalue weighted by molar-refractivity contribution is 5.85. The Balaban J connectivity index is 0.00000147. The molecule has 0 saturated heterocycles. The zero-order valence-electron chi connectivity index (χ0n) is 12.6. The summed E-state index contributed by atoms with van der Waals surface area (Å²) in [6.45, 7) is 2.34. The van der Waals surface area contributed by atoms with Crippen LogP contribution in [0.5, 0.6) is 0 Å². The molecule has 3 rings (SSSR count). The van der Waals surface area contributed by atoms with E-state index in [2.05, 4.69) is 11.8 Å². The SMILES string of the molecule is CC1CCC(N(C(=O)C2CCC(N)C2)C2CC2)CC1.Cl. The first-order valence-corrected chi connectivity index (χ1v) is 8.23. The van der Waals surface area contributed by atoms with Crippen molar-refractivity contribution in [3.05, 3.63) is 0 Å². The van der Waals surface area contributed by atoms with Crippen molar-refractivity contribution >= 4 is 18.3 Å². The monoisotopic (exact) mass is 300 g/mol. The van der Waals surface area contributed by atoms with Crippen LogP contribution in [0.2, 0.25) is 0 Å². The van der Waals surface area contributed by atoms with Gasteiger partial charge in [0, 0.05) is 24.0 Å². The minimum absolute atomic E-state index is 0. The fourth-order valence-electron chi connectivity index (χ4n) is 3.98. The molecule has 4 heteroatoms. The van der Waals surface area contributed by atoms with Gasteiger partial charge in [0.2, 0.25) is 5.91 Å². The Morgan fingerprint density at radius 1 is 0.950 bits per heavy atom. The molecule has 116 valence electrons. The summed E-state index contributed by atoms with van der Waals surface area (Å²) < 4.78 is 0. The molecule has 0 spiro atoms. The summed E-state index contributed by atoms with van der Waals surface area (Å²) in [6, 6.07) is 1.37. The molecular weight excluding hydrogens is 272 g/mol. The Morgan fingerprint density at radius 2 is 1.50 bits per heavy atom. The van der Waals surface area contributed by atoms with Crippen molar-refractivity contribution in [1.82, 2.24) is 4.90 Å². The number of carbonyl (C=O) groups excluding carboxylic acids is 1. The maximum absolute atomic E-state index is 12.8. The summed E-state index contributed by atoms with van der Waals surface area (Å²) in [6.07, 6.45) is 10.5. The Kier molecular flexibility index (Phi) is 5.36. The molecule has 3 fully saturated rings. The number of amides is 1. The van der Waals surface area contributed by atoms with Gasteiger partial charge in [-0.3, -0.25) is 4.79 Å². The maximum Gasteiger partial charge on any atom is 0.226 e. The van der Waals surface area contributed by atoms with Crippen molar-refractivity contribution in [3.8, 4) is 0 Å². The van der Waals surface area contributed by atoms with Gasteiger partial charge in [0.15, 0.2) is 0 Å². The molecule has 3 saturated carbocycles. The molecule has 2 N–H and O–H groups in total. The van der Waals surface area contributed by atoms with Crippen LogP contribution < -0.4 is 5.73 Å². The van der Waals surface area contributed by atoms with E-state index in [0.29, 0.717) is 18.0 Å². The number of nitrogens with two attached hydrogens (primary N) is 1. The molecule has 0 aliphatic heterocycles. The predicted octanol–water partition coefficient (Wildman–Crippen LogP) is 3.11. The zero-order valence-corrected chi connectivity index (χ0v) is 13.4. The molecule has 2 atom stereocenters. The Labute approximate surface area is 129 Å². The van der Waals surface area contributed by atoms with Gasteiger partial charge in [-0.05, 0) is 63.7 Å². The van der Waals surface area contributed by atoms with Crippen LogP contribution in [0.25, 0.3) is 0 Å². The van der Waals surface area contributed by atoms with Crippen LogP contribution in [0.3, 0.4) is 0 Å². The smallest absolute Gasteiger partial charge is 0.226 e. The van der Waals surface area contributed by atoms with Gasteiger partial charge < -0.3 is 10.6 Å². The third kappa shape index (κ3) is 3.48. The van der Waals surface area contributed by atoms with Crippen molar-refractivity contribution in [3.63, 3.8) is 0 Å². The number of rotatable bonds is 3. The van der Waals surface area contributed by atoms with Gasteiger partial charge in [-0.1, -0.05) is 6.92 Å². The van der Waals surface area contributed by atoms with E-state index >= 15 is 0 Å². The van der Waals surface area contributed by atoms with Gasteiger partial charge in [0.05, 0.1) is 0 Å². The summed E-state index contributed by atoms with van der Waals surface area (Å²) in [4.78, 5) is 15.1. The van der Waals surface area contributed by atoms with E-state index in [1.54, 1.807) is 0 Å². The lowest BCUT2D eigenvalue weighted by molar-refractivity contribution is -0.139. The van der Waals surface area contributed by atoms with E-state index in [1.165, 1.54) is 38.5 Å². The minimum atomic E-state index is 0. The standard InChI is InChI=1S/C16H28N2O.ClH/c1-11-2-6-14(7-3-11)18(15-8-9-15)16(19)12-4-5-13(17)10-12;/h11-15H,2-10,17H2,1H3;1H. The molecule has 0 radical (unpaired) electrons. The number of hydrogen-bond donors (Lipinski definition) is 1. The van der Waals surface area contributed by atoms with Gasteiger partial charge >= 0.3 is 0 Å². The molecule has 0 heterocycles. The molecule has 0 aromatic rings. The van der Waals surface area contributed by atoms with Gasteiger partial charge in [-0.15, -0.1) is 12.4 Å². The van der Waals surface area contributed by atoms with Crippen LogP contribution in [0, 0.1) is 11.8 Å². The van der Waals surface area contributed by atoms with Gasteiger partial charge in [-0.25, -0.2) is 0 Å². The molecule has 20 heavy (non-hydrogen) atoms. The topological polar surface area (TPSA) is 46.3 Å². The van der Waals surface area contributed by atoms with Crippen molar-refractivity contribution in [1.29, 1.82) is 0 Å². The summed E-state index contributed by atoms with van der Waals surface area (Å²) in [7, 11) is 0. The largest absolute Gasteiger partial charge is 0.336 e.